The van der Waals surface area contributed by atoms with Crippen molar-refractivity contribution < 1.29 is 59.7 Å². The summed E-state index contributed by atoms with van der Waals surface area (Å²) in [5.74, 6) is 1.11. The normalized spacial score (nSPS) is 11.0. The standard InChI is InChI=1S/2C23H20F2N4O3.C18H16ClF2N3O2.C5H5NO/c1-2-32-20-11-21-26-16(13-28-9-4-3-8-22(28)31)14-29(21)12-15(20)10-19(30)17-6-5-7-18(27-17)23(24)25;1-2-31-20-11-21-27-16(14-32-22-8-3-4-9-26-22)13-29(21)12-15(20)10-19(30)17-6-5-7-18(28-17)23(24)25;1-2-26-16-7-17-22-12(8-19)10-24(17)9-11(16)6-15(25)13-4-3-5-14(23-13)18(20)21;7-5-3-1-2-4-6-5/h3-9,11-12,14,23H,2,10,13H2,1H3;3-9,11-13,23H,2,10,14H2,1H3;3-5,7,9-10,18H,2,6,8H2,1H3;1-4H,(H,6,7). The highest BCUT2D eigenvalue weighted by atomic mass is 35.5. The number of halogens is 7. The lowest BCUT2D eigenvalue weighted by Gasteiger charge is -2.11. The highest BCUT2D eigenvalue weighted by Gasteiger charge is 2.22. The lowest BCUT2D eigenvalue weighted by molar-refractivity contribution is 0.0976. The molecule has 12 rings (SSSR count). The van der Waals surface area contributed by atoms with Crippen molar-refractivity contribution in [2.24, 2.45) is 0 Å². The van der Waals surface area contributed by atoms with E-state index < -0.39 is 42.1 Å². The van der Waals surface area contributed by atoms with Crippen molar-refractivity contribution >= 4 is 45.9 Å². The maximum absolute atomic E-state index is 12.9. The summed E-state index contributed by atoms with van der Waals surface area (Å²) in [5.41, 5.74) is 4.19. The number of alkyl halides is 7. The minimum atomic E-state index is -2.75. The number of ether oxygens (including phenoxy) is 4. The summed E-state index contributed by atoms with van der Waals surface area (Å²) in [5, 5.41) is 0. The summed E-state index contributed by atoms with van der Waals surface area (Å²) in [6, 6.07) is 32.4. The second-order valence-electron chi connectivity index (χ2n) is 20.8. The maximum atomic E-state index is 12.9. The Kier molecular flexibility index (Phi) is 24.3. The van der Waals surface area contributed by atoms with Gasteiger partial charge in [0, 0.05) is 128 Å². The number of ketones is 3. The van der Waals surface area contributed by atoms with Crippen LogP contribution in [-0.2, 0) is 38.3 Å². The number of H-pyrrole nitrogens is 1. The molecule has 0 amide bonds. The van der Waals surface area contributed by atoms with E-state index >= 15 is 0 Å². The number of aromatic nitrogens is 12. The Bertz CT molecular complexity index is 4780. The summed E-state index contributed by atoms with van der Waals surface area (Å²) < 4.78 is 107. The smallest absolute Gasteiger partial charge is 0.280 e. The first-order valence-corrected chi connectivity index (χ1v) is 30.6. The lowest BCUT2D eigenvalue weighted by atomic mass is 10.1. The van der Waals surface area contributed by atoms with E-state index in [9.17, 15) is 50.3 Å². The predicted octanol–water partition coefficient (Wildman–Crippen LogP) is 12.8. The number of Topliss-reactive ketones (excluding diaryl/α,β-unsaturated/α-hetero) is 3. The van der Waals surface area contributed by atoms with Crippen LogP contribution in [0.3, 0.4) is 0 Å². The van der Waals surface area contributed by atoms with E-state index in [-0.39, 0.29) is 71.5 Å². The van der Waals surface area contributed by atoms with Gasteiger partial charge < -0.3 is 41.7 Å². The van der Waals surface area contributed by atoms with Gasteiger partial charge in [-0.15, -0.1) is 11.6 Å². The highest BCUT2D eigenvalue weighted by Crippen LogP contribution is 2.28. The second-order valence-corrected chi connectivity index (χ2v) is 21.1. The molecule has 500 valence electrons. The molecule has 0 aliphatic rings. The van der Waals surface area contributed by atoms with Crippen LogP contribution in [0.15, 0.2) is 193 Å². The average Bonchev–Trinajstić information content (AvgIpc) is 1.72. The fraction of sp³-hybridized carbons (Fsp3) is 0.217. The van der Waals surface area contributed by atoms with Crippen molar-refractivity contribution in [3.63, 3.8) is 0 Å². The molecule has 0 aliphatic heterocycles. The number of carbonyl (C=O) groups excluding carboxylic acids is 3. The molecule has 0 fully saturated rings. The van der Waals surface area contributed by atoms with Crippen LogP contribution >= 0.6 is 11.6 Å². The fourth-order valence-electron chi connectivity index (χ4n) is 9.51. The molecule has 28 heteroatoms. The number of carbonyl (C=O) groups is 3. The fourth-order valence-corrected chi connectivity index (χ4v) is 9.64. The number of hydrogen-bond donors (Lipinski definition) is 1. The highest BCUT2D eigenvalue weighted by molar-refractivity contribution is 6.16. The molecule has 0 unspecified atom stereocenters. The van der Waals surface area contributed by atoms with Crippen molar-refractivity contribution in [1.29, 1.82) is 0 Å². The Morgan fingerprint density at radius 1 is 0.485 bits per heavy atom. The molecule has 0 aliphatic carbocycles. The molecule has 0 aromatic carbocycles. The van der Waals surface area contributed by atoms with Gasteiger partial charge >= 0.3 is 0 Å². The number of nitrogens with one attached hydrogen (secondary N) is 1. The Labute approximate surface area is 554 Å². The van der Waals surface area contributed by atoms with Gasteiger partial charge in [-0.25, -0.2) is 61.2 Å². The number of nitrogens with zero attached hydrogens (tertiary/aromatic N) is 11. The first-order chi connectivity index (χ1) is 46.9. The third kappa shape index (κ3) is 19.2. The molecule has 12 aromatic rings. The van der Waals surface area contributed by atoms with E-state index in [2.05, 4.69) is 39.9 Å². The summed E-state index contributed by atoms with van der Waals surface area (Å²) in [6.45, 7) is 7.20. The zero-order chi connectivity index (χ0) is 69.0. The third-order valence-electron chi connectivity index (χ3n) is 13.9. The number of imidazole rings is 3. The van der Waals surface area contributed by atoms with Gasteiger partial charge in [-0.1, -0.05) is 36.4 Å². The topological polar surface area (TPSA) is 246 Å². The summed E-state index contributed by atoms with van der Waals surface area (Å²) in [6.07, 6.45) is 7.08. The molecule has 0 atom stereocenters. The Morgan fingerprint density at radius 3 is 1.31 bits per heavy atom. The molecule has 97 heavy (non-hydrogen) atoms. The Hall–Kier alpha value is -11.4. The summed E-state index contributed by atoms with van der Waals surface area (Å²) in [7, 11) is 0. The molecular formula is C69H61ClF6N12O9. The molecular weight excluding hydrogens is 1290 g/mol. The minimum absolute atomic E-state index is 0.00239. The van der Waals surface area contributed by atoms with Crippen molar-refractivity contribution in [3.05, 3.63) is 272 Å². The van der Waals surface area contributed by atoms with Crippen LogP contribution < -0.4 is 30.1 Å². The van der Waals surface area contributed by atoms with Crippen LogP contribution in [0.4, 0.5) is 26.3 Å². The van der Waals surface area contributed by atoms with E-state index in [1.54, 1.807) is 124 Å². The van der Waals surface area contributed by atoms with Crippen LogP contribution in [0.2, 0.25) is 0 Å². The number of fused-ring (bicyclic) bond motifs is 3. The Morgan fingerprint density at radius 2 is 0.918 bits per heavy atom. The van der Waals surface area contributed by atoms with E-state index in [1.165, 1.54) is 71.3 Å². The molecule has 0 radical (unpaired) electrons. The molecule has 0 spiro atoms. The molecule has 0 saturated carbocycles. The summed E-state index contributed by atoms with van der Waals surface area (Å²) >= 11 is 5.81. The van der Waals surface area contributed by atoms with Gasteiger partial charge in [0.15, 0.2) is 17.3 Å². The van der Waals surface area contributed by atoms with E-state index in [0.29, 0.717) is 100 Å². The maximum Gasteiger partial charge on any atom is 0.280 e. The SMILES string of the molecule is CCOc1cc2nc(CCl)cn2cc1CC(=O)c1cccc(C(F)F)n1.CCOc1cc2nc(COc3ccccn3)cn2cc1CC(=O)c1cccc(C(F)F)n1.CCOc1cc2nc(Cn3ccccc3=O)cn2cc1CC(=O)c1cccc(C(F)F)n1.O=c1cccc[nH]1. The van der Waals surface area contributed by atoms with Gasteiger partial charge in [0.2, 0.25) is 11.4 Å². The molecule has 12 aromatic heterocycles. The molecule has 12 heterocycles. The van der Waals surface area contributed by atoms with Gasteiger partial charge in [0.05, 0.1) is 49.3 Å². The third-order valence-corrected chi connectivity index (χ3v) is 14.2. The van der Waals surface area contributed by atoms with E-state index in [1.807, 2.05) is 26.8 Å². The number of hydrogen-bond acceptors (Lipinski definition) is 16. The predicted molar refractivity (Wildman–Crippen MR) is 346 cm³/mol. The van der Waals surface area contributed by atoms with Gasteiger partial charge in [0.25, 0.3) is 24.8 Å². The van der Waals surface area contributed by atoms with Crippen LogP contribution in [0.1, 0.15) is 122 Å². The van der Waals surface area contributed by atoms with Crippen LogP contribution in [0.5, 0.6) is 23.1 Å². The zero-order valence-electron chi connectivity index (χ0n) is 52.2. The number of pyridine rings is 9. The molecule has 21 nitrogen and oxygen atoms in total. The van der Waals surface area contributed by atoms with Crippen LogP contribution in [0, 0.1) is 0 Å². The summed E-state index contributed by atoms with van der Waals surface area (Å²) in [4.78, 5) is 91.5. The monoisotopic (exact) mass is 1350 g/mol. The molecule has 0 saturated heterocycles. The minimum Gasteiger partial charge on any atom is -0.493 e. The van der Waals surface area contributed by atoms with E-state index in [4.69, 9.17) is 30.5 Å². The van der Waals surface area contributed by atoms with E-state index in [0.717, 1.165) is 0 Å². The van der Waals surface area contributed by atoms with Crippen molar-refractivity contribution in [3.8, 4) is 23.1 Å². The number of rotatable bonds is 24. The van der Waals surface area contributed by atoms with Crippen molar-refractivity contribution in [2.45, 2.75) is 78.3 Å². The largest absolute Gasteiger partial charge is 0.493 e. The first kappa shape index (κ1) is 70.0. The molecule has 1 N–H and O–H groups in total. The van der Waals surface area contributed by atoms with Crippen LogP contribution in [0.25, 0.3) is 16.9 Å². The average molecular weight is 1350 g/mol. The Balaban J connectivity index is 0.000000163. The van der Waals surface area contributed by atoms with Crippen LogP contribution in [-0.4, -0.2) is 94.8 Å². The van der Waals surface area contributed by atoms with Gasteiger partial charge in [-0.05, 0) is 75.4 Å². The van der Waals surface area contributed by atoms with Gasteiger partial charge in [0.1, 0.15) is 75.0 Å². The van der Waals surface area contributed by atoms with Gasteiger partial charge in [-0.2, -0.15) is 0 Å². The lowest BCUT2D eigenvalue weighted by Crippen LogP contribution is -2.18. The van der Waals surface area contributed by atoms with Crippen molar-refractivity contribution in [2.75, 3.05) is 19.8 Å². The van der Waals surface area contributed by atoms with Gasteiger partial charge in [-0.3, -0.25) is 24.0 Å². The van der Waals surface area contributed by atoms with Crippen molar-refractivity contribution in [1.82, 2.24) is 57.6 Å². The first-order valence-electron chi connectivity index (χ1n) is 30.0. The zero-order valence-corrected chi connectivity index (χ0v) is 52.9. The quantitative estimate of drug-likeness (QED) is 0.0336. The number of aromatic amines is 1. The molecule has 0 bridgehead atoms. The second kappa shape index (κ2) is 33.7.